The lowest BCUT2D eigenvalue weighted by Gasteiger charge is -2.09. The molecule has 1 heterocycles. The fourth-order valence-corrected chi connectivity index (χ4v) is 1.78. The Balaban J connectivity index is 2.37. The Morgan fingerprint density at radius 1 is 1.32 bits per heavy atom. The van der Waals surface area contributed by atoms with Crippen LogP contribution in [0.2, 0.25) is 0 Å². The van der Waals surface area contributed by atoms with Crippen LogP contribution in [0.1, 0.15) is 10.4 Å². The summed E-state index contributed by atoms with van der Waals surface area (Å²) in [4.78, 5) is 15.3. The molecule has 0 unspecified atom stereocenters. The monoisotopic (exact) mass is 322 g/mol. The van der Waals surface area contributed by atoms with Crippen LogP contribution in [0.15, 0.2) is 41.0 Å². The van der Waals surface area contributed by atoms with Crippen LogP contribution in [0.3, 0.4) is 0 Å². The van der Waals surface area contributed by atoms with Gasteiger partial charge in [0.2, 0.25) is 11.8 Å². The lowest BCUT2D eigenvalue weighted by atomic mass is 10.2. The van der Waals surface area contributed by atoms with E-state index in [1.165, 1.54) is 13.2 Å². The lowest BCUT2D eigenvalue weighted by Crippen LogP contribution is -2.11. The summed E-state index contributed by atoms with van der Waals surface area (Å²) in [5.74, 6) is 0.751. The molecular weight excluding hydrogens is 312 g/mol. The molecule has 0 spiro atoms. The summed E-state index contributed by atoms with van der Waals surface area (Å²) >= 11 is 3.33. The highest BCUT2D eigenvalue weighted by Crippen LogP contribution is 2.30. The van der Waals surface area contributed by atoms with E-state index in [9.17, 15) is 4.79 Å². The summed E-state index contributed by atoms with van der Waals surface area (Å²) in [6, 6.07) is 8.30. The van der Waals surface area contributed by atoms with Crippen molar-refractivity contribution < 1.29 is 14.3 Å². The van der Waals surface area contributed by atoms with Crippen LogP contribution in [-0.4, -0.2) is 18.0 Å². The molecule has 2 N–H and O–H groups in total. The van der Waals surface area contributed by atoms with Gasteiger partial charge in [-0.15, -0.1) is 0 Å². The Morgan fingerprint density at radius 2 is 2.05 bits per heavy atom. The Kier molecular flexibility index (Phi) is 4.01. The molecule has 1 aromatic heterocycles. The summed E-state index contributed by atoms with van der Waals surface area (Å²) in [5, 5.41) is 0. The summed E-state index contributed by atoms with van der Waals surface area (Å²) in [6.45, 7) is 0. The maximum Gasteiger partial charge on any atom is 0.248 e. The van der Waals surface area contributed by atoms with Gasteiger partial charge in [0.15, 0.2) is 0 Å². The molecule has 0 saturated heterocycles. The van der Waals surface area contributed by atoms with E-state index in [0.29, 0.717) is 27.4 Å². The van der Waals surface area contributed by atoms with Gasteiger partial charge in [0, 0.05) is 17.8 Å². The van der Waals surface area contributed by atoms with E-state index in [1.807, 2.05) is 0 Å². The number of pyridine rings is 1. The number of primary amides is 1. The van der Waals surface area contributed by atoms with Gasteiger partial charge in [-0.25, -0.2) is 4.98 Å². The zero-order valence-electron chi connectivity index (χ0n) is 10.1. The van der Waals surface area contributed by atoms with Crippen LogP contribution in [0.5, 0.6) is 17.4 Å². The molecule has 98 valence electrons. The van der Waals surface area contributed by atoms with Gasteiger partial charge in [0.05, 0.1) is 11.6 Å². The third kappa shape index (κ3) is 3.23. The highest BCUT2D eigenvalue weighted by Gasteiger charge is 2.09. The third-order valence-corrected chi connectivity index (χ3v) is 2.94. The topological polar surface area (TPSA) is 74.4 Å². The van der Waals surface area contributed by atoms with Crippen molar-refractivity contribution in [3.63, 3.8) is 0 Å². The maximum atomic E-state index is 11.2. The zero-order valence-corrected chi connectivity index (χ0v) is 11.7. The smallest absolute Gasteiger partial charge is 0.248 e. The number of nitrogens with zero attached hydrogens (tertiary/aromatic N) is 1. The summed E-state index contributed by atoms with van der Waals surface area (Å²) in [6.07, 6.45) is 1.61. The Labute approximate surface area is 118 Å². The predicted molar refractivity (Wildman–Crippen MR) is 73.5 cm³/mol. The Hall–Kier alpha value is -2.08. The second-order valence-corrected chi connectivity index (χ2v) is 4.51. The van der Waals surface area contributed by atoms with Gasteiger partial charge in [-0.1, -0.05) is 0 Å². The molecule has 1 aromatic carbocycles. The molecule has 1 amide bonds. The Bertz CT molecular complexity index is 617. The van der Waals surface area contributed by atoms with E-state index >= 15 is 0 Å². The SMILES string of the molecule is COc1cc(Oc2ncccc2Br)cc(C(N)=O)c1. The normalized spacial score (nSPS) is 10.0. The van der Waals surface area contributed by atoms with Crippen LogP contribution in [0.25, 0.3) is 0 Å². The first-order valence-corrected chi connectivity index (χ1v) is 6.16. The number of methoxy groups -OCH3 is 1. The maximum absolute atomic E-state index is 11.2. The van der Waals surface area contributed by atoms with E-state index in [1.54, 1.807) is 30.5 Å². The van der Waals surface area contributed by atoms with Crippen molar-refractivity contribution in [2.45, 2.75) is 0 Å². The van der Waals surface area contributed by atoms with Crippen LogP contribution < -0.4 is 15.2 Å². The minimum Gasteiger partial charge on any atom is -0.497 e. The fourth-order valence-electron chi connectivity index (χ4n) is 1.45. The summed E-state index contributed by atoms with van der Waals surface area (Å²) in [5.41, 5.74) is 5.56. The number of benzene rings is 1. The van der Waals surface area contributed by atoms with Crippen molar-refractivity contribution >= 4 is 21.8 Å². The van der Waals surface area contributed by atoms with Gasteiger partial charge < -0.3 is 15.2 Å². The van der Waals surface area contributed by atoms with Crippen LogP contribution in [-0.2, 0) is 0 Å². The van der Waals surface area contributed by atoms with Crippen LogP contribution in [0.4, 0.5) is 0 Å². The second-order valence-electron chi connectivity index (χ2n) is 3.65. The van der Waals surface area contributed by atoms with E-state index < -0.39 is 5.91 Å². The van der Waals surface area contributed by atoms with Crippen molar-refractivity contribution in [2.24, 2.45) is 5.73 Å². The second kappa shape index (κ2) is 5.71. The highest BCUT2D eigenvalue weighted by atomic mass is 79.9. The number of rotatable bonds is 4. The molecule has 0 aliphatic carbocycles. The molecule has 2 aromatic rings. The first-order chi connectivity index (χ1) is 9.10. The van der Waals surface area contributed by atoms with E-state index in [4.69, 9.17) is 15.2 Å². The average molecular weight is 323 g/mol. The van der Waals surface area contributed by atoms with Gasteiger partial charge in [0.1, 0.15) is 11.5 Å². The number of hydrogen-bond acceptors (Lipinski definition) is 4. The van der Waals surface area contributed by atoms with Crippen molar-refractivity contribution in [2.75, 3.05) is 7.11 Å². The number of carbonyl (C=O) groups excluding carboxylic acids is 1. The van der Waals surface area contributed by atoms with Crippen LogP contribution in [0, 0.1) is 0 Å². The number of hydrogen-bond donors (Lipinski definition) is 1. The molecule has 0 radical (unpaired) electrons. The number of amides is 1. The lowest BCUT2D eigenvalue weighted by molar-refractivity contribution is 0.0999. The number of nitrogens with two attached hydrogens (primary N) is 1. The first kappa shape index (κ1) is 13.4. The van der Waals surface area contributed by atoms with Crippen molar-refractivity contribution in [3.05, 3.63) is 46.6 Å². The molecule has 5 nitrogen and oxygen atoms in total. The standard InChI is InChI=1S/C13H11BrN2O3/c1-18-9-5-8(12(15)17)6-10(7-9)19-13-11(14)3-2-4-16-13/h2-7H,1H3,(H2,15,17). The minimum atomic E-state index is -0.552. The van der Waals surface area contributed by atoms with Crippen molar-refractivity contribution in [3.8, 4) is 17.4 Å². The van der Waals surface area contributed by atoms with Crippen molar-refractivity contribution in [1.82, 2.24) is 4.98 Å². The Morgan fingerprint density at radius 3 is 2.68 bits per heavy atom. The molecule has 0 aliphatic rings. The predicted octanol–water partition coefficient (Wildman–Crippen LogP) is 2.74. The molecule has 0 saturated carbocycles. The number of aromatic nitrogens is 1. The summed E-state index contributed by atoms with van der Waals surface area (Å²) < 4.78 is 11.4. The molecule has 0 fully saturated rings. The van der Waals surface area contributed by atoms with Gasteiger partial charge in [-0.3, -0.25) is 4.79 Å². The highest BCUT2D eigenvalue weighted by molar-refractivity contribution is 9.10. The van der Waals surface area contributed by atoms with Crippen LogP contribution >= 0.6 is 15.9 Å². The molecule has 2 rings (SSSR count). The van der Waals surface area contributed by atoms with Gasteiger partial charge in [0.25, 0.3) is 0 Å². The van der Waals surface area contributed by atoms with E-state index in [-0.39, 0.29) is 0 Å². The molecule has 6 heteroatoms. The third-order valence-electron chi connectivity index (χ3n) is 2.34. The first-order valence-electron chi connectivity index (χ1n) is 5.37. The zero-order chi connectivity index (χ0) is 13.8. The molecule has 0 atom stereocenters. The van der Waals surface area contributed by atoms with Gasteiger partial charge >= 0.3 is 0 Å². The number of carbonyl (C=O) groups is 1. The van der Waals surface area contributed by atoms with Crippen molar-refractivity contribution in [1.29, 1.82) is 0 Å². The fraction of sp³-hybridized carbons (Fsp3) is 0.0769. The van der Waals surface area contributed by atoms with E-state index in [2.05, 4.69) is 20.9 Å². The molecule has 19 heavy (non-hydrogen) atoms. The number of halogens is 1. The average Bonchev–Trinajstić information content (AvgIpc) is 2.41. The largest absolute Gasteiger partial charge is 0.497 e. The number of ether oxygens (including phenoxy) is 2. The van der Waals surface area contributed by atoms with Gasteiger partial charge in [-0.2, -0.15) is 0 Å². The molecule has 0 bridgehead atoms. The molecular formula is C13H11BrN2O3. The quantitative estimate of drug-likeness (QED) is 0.939. The molecule has 0 aliphatic heterocycles. The summed E-state index contributed by atoms with van der Waals surface area (Å²) in [7, 11) is 1.50. The minimum absolute atomic E-state index is 0.307. The van der Waals surface area contributed by atoms with Gasteiger partial charge in [-0.05, 0) is 40.2 Å². The van der Waals surface area contributed by atoms with E-state index in [0.717, 1.165) is 0 Å².